The Balaban J connectivity index is 2.07. The Bertz CT molecular complexity index is 615. The molecule has 2 aromatic carbocycles. The van der Waals surface area contributed by atoms with E-state index in [0.29, 0.717) is 5.56 Å². The molecular formula is C19H21FO. The summed E-state index contributed by atoms with van der Waals surface area (Å²) in [5.41, 5.74) is 2.18. The first-order valence-electron chi connectivity index (χ1n) is 7.63. The summed E-state index contributed by atoms with van der Waals surface area (Å²) in [4.78, 5) is 0. The van der Waals surface area contributed by atoms with Gasteiger partial charge >= 0.3 is 0 Å². The molecule has 0 aromatic heterocycles. The highest BCUT2D eigenvalue weighted by Crippen LogP contribution is 2.50. The molecule has 1 N–H and O–H groups in total. The van der Waals surface area contributed by atoms with Crippen molar-refractivity contribution in [3.63, 3.8) is 0 Å². The maximum Gasteiger partial charge on any atom is 0.129 e. The second kappa shape index (κ2) is 5.61. The van der Waals surface area contributed by atoms with Gasteiger partial charge < -0.3 is 5.11 Å². The molecule has 1 aliphatic rings. The summed E-state index contributed by atoms with van der Waals surface area (Å²) in [5, 5.41) is 11.0. The van der Waals surface area contributed by atoms with Crippen LogP contribution in [0.5, 0.6) is 0 Å². The monoisotopic (exact) mass is 284 g/mol. The SMILES string of the molecule is Cc1ccc(F)c(C(O)C2(c3ccccc3)CCCC2)c1. The number of benzene rings is 2. The molecule has 1 unspecified atom stereocenters. The van der Waals surface area contributed by atoms with Gasteiger partial charge in [-0.3, -0.25) is 0 Å². The third-order valence-electron chi connectivity index (χ3n) is 4.81. The van der Waals surface area contributed by atoms with Gasteiger partial charge in [0.25, 0.3) is 0 Å². The minimum absolute atomic E-state index is 0.310. The van der Waals surface area contributed by atoms with Crippen LogP contribution in [0, 0.1) is 12.7 Å². The van der Waals surface area contributed by atoms with E-state index in [1.54, 1.807) is 12.1 Å². The van der Waals surface area contributed by atoms with E-state index in [2.05, 4.69) is 12.1 Å². The minimum atomic E-state index is -0.790. The fraction of sp³-hybridized carbons (Fsp3) is 0.368. The van der Waals surface area contributed by atoms with Crippen LogP contribution in [0.4, 0.5) is 4.39 Å². The van der Waals surface area contributed by atoms with Crippen molar-refractivity contribution < 1.29 is 9.50 Å². The van der Waals surface area contributed by atoms with E-state index in [1.165, 1.54) is 6.07 Å². The second-order valence-corrected chi connectivity index (χ2v) is 6.16. The zero-order valence-electron chi connectivity index (χ0n) is 12.3. The van der Waals surface area contributed by atoms with E-state index in [-0.39, 0.29) is 11.2 Å². The number of hydrogen-bond donors (Lipinski definition) is 1. The number of aryl methyl sites for hydroxylation is 1. The molecule has 3 rings (SSSR count). The lowest BCUT2D eigenvalue weighted by molar-refractivity contribution is 0.0788. The number of halogens is 1. The number of hydrogen-bond acceptors (Lipinski definition) is 1. The maximum absolute atomic E-state index is 14.2. The lowest BCUT2D eigenvalue weighted by atomic mass is 9.72. The molecule has 21 heavy (non-hydrogen) atoms. The molecule has 110 valence electrons. The molecule has 0 spiro atoms. The minimum Gasteiger partial charge on any atom is -0.387 e. The van der Waals surface area contributed by atoms with Gasteiger partial charge in [-0.1, -0.05) is 60.9 Å². The molecule has 0 heterocycles. The van der Waals surface area contributed by atoms with E-state index in [9.17, 15) is 9.50 Å². The Morgan fingerprint density at radius 3 is 2.38 bits per heavy atom. The highest BCUT2D eigenvalue weighted by atomic mass is 19.1. The van der Waals surface area contributed by atoms with Gasteiger partial charge in [-0.25, -0.2) is 4.39 Å². The van der Waals surface area contributed by atoms with Gasteiger partial charge in [-0.2, -0.15) is 0 Å². The maximum atomic E-state index is 14.2. The van der Waals surface area contributed by atoms with Crippen molar-refractivity contribution in [3.8, 4) is 0 Å². The summed E-state index contributed by atoms with van der Waals surface area (Å²) in [6.07, 6.45) is 3.19. The number of rotatable bonds is 3. The summed E-state index contributed by atoms with van der Waals surface area (Å²) in [6.45, 7) is 1.93. The predicted molar refractivity (Wildman–Crippen MR) is 82.7 cm³/mol. The van der Waals surface area contributed by atoms with Gasteiger partial charge in [0.05, 0.1) is 6.10 Å². The van der Waals surface area contributed by atoms with Crippen molar-refractivity contribution in [2.24, 2.45) is 0 Å². The van der Waals surface area contributed by atoms with E-state index >= 15 is 0 Å². The van der Waals surface area contributed by atoms with Gasteiger partial charge in [0.2, 0.25) is 0 Å². The Labute approximate surface area is 125 Å². The molecule has 1 fully saturated rings. The summed E-state index contributed by atoms with van der Waals surface area (Å²) in [7, 11) is 0. The van der Waals surface area contributed by atoms with Gasteiger partial charge in [-0.15, -0.1) is 0 Å². The molecule has 2 aromatic rings. The second-order valence-electron chi connectivity index (χ2n) is 6.16. The Morgan fingerprint density at radius 1 is 1.05 bits per heavy atom. The average Bonchev–Trinajstić information content (AvgIpc) is 3.01. The van der Waals surface area contributed by atoms with Crippen LogP contribution in [0.3, 0.4) is 0 Å². The molecule has 1 saturated carbocycles. The molecular weight excluding hydrogens is 263 g/mol. The van der Waals surface area contributed by atoms with Crippen molar-refractivity contribution in [3.05, 3.63) is 71.0 Å². The summed E-state index contributed by atoms with van der Waals surface area (Å²) in [5.74, 6) is -0.310. The van der Waals surface area contributed by atoms with E-state index in [4.69, 9.17) is 0 Å². The number of aliphatic hydroxyl groups is 1. The fourth-order valence-corrected chi connectivity index (χ4v) is 3.67. The largest absolute Gasteiger partial charge is 0.387 e. The van der Waals surface area contributed by atoms with Crippen LogP contribution in [-0.2, 0) is 5.41 Å². The smallest absolute Gasteiger partial charge is 0.129 e. The third-order valence-corrected chi connectivity index (χ3v) is 4.81. The highest BCUT2D eigenvalue weighted by Gasteiger charge is 2.43. The van der Waals surface area contributed by atoms with Gasteiger partial charge in [0.15, 0.2) is 0 Å². The Morgan fingerprint density at radius 2 is 1.71 bits per heavy atom. The molecule has 1 nitrogen and oxygen atoms in total. The van der Waals surface area contributed by atoms with Crippen molar-refractivity contribution >= 4 is 0 Å². The van der Waals surface area contributed by atoms with Crippen LogP contribution in [-0.4, -0.2) is 5.11 Å². The molecule has 0 radical (unpaired) electrons. The standard InChI is InChI=1S/C19H21FO/c1-14-9-10-17(20)16(13-14)18(21)19(11-5-6-12-19)15-7-3-2-4-8-15/h2-4,7-10,13,18,21H,5-6,11-12H2,1H3. The topological polar surface area (TPSA) is 20.2 Å². The third kappa shape index (κ3) is 2.49. The lowest BCUT2D eigenvalue weighted by Gasteiger charge is -2.35. The summed E-state index contributed by atoms with van der Waals surface area (Å²) < 4.78 is 14.2. The average molecular weight is 284 g/mol. The lowest BCUT2D eigenvalue weighted by Crippen LogP contribution is -2.31. The molecule has 0 saturated heterocycles. The van der Waals surface area contributed by atoms with E-state index < -0.39 is 6.10 Å². The van der Waals surface area contributed by atoms with Gasteiger partial charge in [0, 0.05) is 11.0 Å². The highest BCUT2D eigenvalue weighted by molar-refractivity contribution is 5.35. The molecule has 2 heteroatoms. The van der Waals surface area contributed by atoms with Crippen molar-refractivity contribution in [1.82, 2.24) is 0 Å². The van der Waals surface area contributed by atoms with E-state index in [1.807, 2.05) is 25.1 Å². The van der Waals surface area contributed by atoms with Gasteiger partial charge in [0.1, 0.15) is 5.82 Å². The first-order chi connectivity index (χ1) is 10.1. The normalized spacial score (nSPS) is 18.6. The Kier molecular flexibility index (Phi) is 3.81. The van der Waals surface area contributed by atoms with Crippen LogP contribution in [0.15, 0.2) is 48.5 Å². The zero-order chi connectivity index (χ0) is 14.9. The molecule has 1 aliphatic carbocycles. The molecule has 0 amide bonds. The molecule has 0 aliphatic heterocycles. The van der Waals surface area contributed by atoms with Crippen molar-refractivity contribution in [2.45, 2.75) is 44.1 Å². The van der Waals surface area contributed by atoms with Crippen LogP contribution in [0.2, 0.25) is 0 Å². The van der Waals surface area contributed by atoms with Gasteiger partial charge in [-0.05, 0) is 31.4 Å². The van der Waals surface area contributed by atoms with Crippen LogP contribution < -0.4 is 0 Å². The van der Waals surface area contributed by atoms with Crippen molar-refractivity contribution in [2.75, 3.05) is 0 Å². The quantitative estimate of drug-likeness (QED) is 0.867. The molecule has 0 bridgehead atoms. The van der Waals surface area contributed by atoms with Crippen molar-refractivity contribution in [1.29, 1.82) is 0 Å². The van der Waals surface area contributed by atoms with Crippen LogP contribution in [0.25, 0.3) is 0 Å². The number of aliphatic hydroxyl groups excluding tert-OH is 1. The van der Waals surface area contributed by atoms with Crippen LogP contribution in [0.1, 0.15) is 48.5 Å². The predicted octanol–water partition coefficient (Wildman–Crippen LogP) is 4.68. The summed E-state index contributed by atoms with van der Waals surface area (Å²) in [6, 6.07) is 15.1. The first-order valence-corrected chi connectivity index (χ1v) is 7.63. The molecule has 1 atom stereocenters. The summed E-state index contributed by atoms with van der Waals surface area (Å²) >= 11 is 0. The first kappa shape index (κ1) is 14.3. The van der Waals surface area contributed by atoms with E-state index in [0.717, 1.165) is 36.8 Å². The van der Waals surface area contributed by atoms with Crippen LogP contribution >= 0.6 is 0 Å². The zero-order valence-corrected chi connectivity index (χ0v) is 12.3. The Hall–Kier alpha value is -1.67. The fourth-order valence-electron chi connectivity index (χ4n) is 3.67.